The van der Waals surface area contributed by atoms with Crippen LogP contribution in [-0.4, -0.2) is 68.1 Å². The molecule has 1 fully saturated rings. The van der Waals surface area contributed by atoms with Gasteiger partial charge in [0.25, 0.3) is 0 Å². The van der Waals surface area contributed by atoms with Crippen LogP contribution in [0.2, 0.25) is 0 Å². The number of hydrogen-bond donors (Lipinski definition) is 0. The zero-order chi connectivity index (χ0) is 18.2. The number of nitrogens with zero attached hydrogens (tertiary/aromatic N) is 8. The molecular formula is C19H20N8. The molecule has 8 nitrogen and oxygen atoms in total. The van der Waals surface area contributed by atoms with Crippen molar-refractivity contribution < 1.29 is 0 Å². The third-order valence-corrected chi connectivity index (χ3v) is 5.04. The minimum atomic E-state index is 0.579. The number of anilines is 1. The summed E-state index contributed by atoms with van der Waals surface area (Å²) < 4.78 is 1.82. The predicted molar refractivity (Wildman–Crippen MR) is 104 cm³/mol. The van der Waals surface area contributed by atoms with Gasteiger partial charge in [-0.1, -0.05) is 17.3 Å². The van der Waals surface area contributed by atoms with Crippen molar-refractivity contribution in [3.63, 3.8) is 0 Å². The van der Waals surface area contributed by atoms with Crippen molar-refractivity contribution >= 4 is 28.0 Å². The van der Waals surface area contributed by atoms with E-state index < -0.39 is 0 Å². The second-order valence-corrected chi connectivity index (χ2v) is 6.94. The van der Waals surface area contributed by atoms with Crippen LogP contribution in [0.1, 0.15) is 5.56 Å². The fourth-order valence-electron chi connectivity index (χ4n) is 3.44. The third-order valence-electron chi connectivity index (χ3n) is 5.04. The first kappa shape index (κ1) is 16.1. The van der Waals surface area contributed by atoms with Crippen molar-refractivity contribution in [1.82, 2.24) is 34.8 Å². The van der Waals surface area contributed by atoms with Gasteiger partial charge >= 0.3 is 0 Å². The van der Waals surface area contributed by atoms with Crippen molar-refractivity contribution in [2.45, 2.75) is 6.54 Å². The molecular weight excluding hydrogens is 340 g/mol. The number of piperazine rings is 1. The van der Waals surface area contributed by atoms with Crippen LogP contribution in [0.3, 0.4) is 0 Å². The Morgan fingerprint density at radius 1 is 1.04 bits per heavy atom. The Morgan fingerprint density at radius 3 is 2.81 bits per heavy atom. The Labute approximate surface area is 156 Å². The van der Waals surface area contributed by atoms with Gasteiger partial charge in [-0.15, -0.1) is 5.10 Å². The van der Waals surface area contributed by atoms with Crippen molar-refractivity contribution in [3.05, 3.63) is 48.3 Å². The standard InChI is InChI=1S/C19H20N8/c1-25-7-9-26(10-8-25)17-12-21-18-19(22-17)27(24-23-18)13-14-4-5-16-15(11-14)3-2-6-20-16/h2-6,11-12H,7-10,13H2,1H3. The lowest BCUT2D eigenvalue weighted by molar-refractivity contribution is 0.312. The molecule has 136 valence electrons. The minimum Gasteiger partial charge on any atom is -0.353 e. The van der Waals surface area contributed by atoms with E-state index in [1.54, 1.807) is 6.20 Å². The van der Waals surface area contributed by atoms with E-state index in [1.165, 1.54) is 0 Å². The van der Waals surface area contributed by atoms with E-state index in [0.29, 0.717) is 12.2 Å². The van der Waals surface area contributed by atoms with Crippen molar-refractivity contribution in [1.29, 1.82) is 0 Å². The summed E-state index contributed by atoms with van der Waals surface area (Å²) >= 11 is 0. The fraction of sp³-hybridized carbons (Fsp3) is 0.316. The SMILES string of the molecule is CN1CCN(c2cnc3nnn(Cc4ccc5ncccc5c4)c3n2)CC1. The van der Waals surface area contributed by atoms with Crippen LogP contribution >= 0.6 is 0 Å². The first-order valence-electron chi connectivity index (χ1n) is 9.10. The fourth-order valence-corrected chi connectivity index (χ4v) is 3.44. The largest absolute Gasteiger partial charge is 0.353 e. The molecule has 0 atom stereocenters. The Kier molecular flexibility index (Phi) is 3.90. The van der Waals surface area contributed by atoms with Crippen molar-refractivity contribution in [3.8, 4) is 0 Å². The molecule has 0 radical (unpaired) electrons. The van der Waals surface area contributed by atoms with E-state index in [9.17, 15) is 0 Å². The highest BCUT2D eigenvalue weighted by atomic mass is 15.5. The number of benzene rings is 1. The zero-order valence-corrected chi connectivity index (χ0v) is 15.2. The number of fused-ring (bicyclic) bond motifs is 2. The smallest absolute Gasteiger partial charge is 0.221 e. The van der Waals surface area contributed by atoms with Gasteiger partial charge in [0.05, 0.1) is 18.3 Å². The average Bonchev–Trinajstić information content (AvgIpc) is 3.10. The Bertz CT molecular complexity index is 1100. The van der Waals surface area contributed by atoms with E-state index in [-0.39, 0.29) is 0 Å². The lowest BCUT2D eigenvalue weighted by Gasteiger charge is -2.32. The maximum atomic E-state index is 4.81. The predicted octanol–water partition coefficient (Wildman–Crippen LogP) is 1.57. The summed E-state index contributed by atoms with van der Waals surface area (Å²) in [6.07, 6.45) is 3.61. The first-order valence-corrected chi connectivity index (χ1v) is 9.10. The number of pyridine rings is 1. The highest BCUT2D eigenvalue weighted by Gasteiger charge is 2.17. The second-order valence-electron chi connectivity index (χ2n) is 6.94. The van der Waals surface area contributed by atoms with E-state index >= 15 is 0 Å². The van der Waals surface area contributed by atoms with Gasteiger partial charge in [0.1, 0.15) is 5.82 Å². The molecule has 0 amide bonds. The average molecular weight is 360 g/mol. The third kappa shape index (κ3) is 3.08. The van der Waals surface area contributed by atoms with Gasteiger partial charge in [-0.3, -0.25) is 4.98 Å². The van der Waals surface area contributed by atoms with Gasteiger partial charge in [0.15, 0.2) is 5.65 Å². The monoisotopic (exact) mass is 360 g/mol. The molecule has 0 unspecified atom stereocenters. The van der Waals surface area contributed by atoms with Crippen LogP contribution in [-0.2, 0) is 6.54 Å². The lowest BCUT2D eigenvalue weighted by Crippen LogP contribution is -2.44. The lowest BCUT2D eigenvalue weighted by atomic mass is 10.1. The Balaban J connectivity index is 1.46. The van der Waals surface area contributed by atoms with E-state index in [0.717, 1.165) is 54.1 Å². The normalized spacial score (nSPS) is 15.7. The van der Waals surface area contributed by atoms with Crippen molar-refractivity contribution in [2.75, 3.05) is 38.1 Å². The molecule has 1 saturated heterocycles. The highest BCUT2D eigenvalue weighted by molar-refractivity contribution is 5.79. The molecule has 1 aromatic carbocycles. The molecule has 0 bridgehead atoms. The van der Waals surface area contributed by atoms with Crippen molar-refractivity contribution in [2.24, 2.45) is 0 Å². The molecule has 1 aliphatic rings. The minimum absolute atomic E-state index is 0.579. The van der Waals surface area contributed by atoms with Gasteiger partial charge in [-0.05, 0) is 30.8 Å². The summed E-state index contributed by atoms with van der Waals surface area (Å²) in [6, 6.07) is 10.3. The molecule has 8 heteroatoms. The molecule has 0 N–H and O–H groups in total. The first-order chi connectivity index (χ1) is 13.3. The number of aromatic nitrogens is 6. The molecule has 4 heterocycles. The molecule has 0 aliphatic carbocycles. The van der Waals surface area contributed by atoms with E-state index in [2.05, 4.69) is 55.3 Å². The van der Waals surface area contributed by atoms with Crippen LogP contribution in [0.15, 0.2) is 42.7 Å². The summed E-state index contributed by atoms with van der Waals surface area (Å²) in [4.78, 5) is 18.2. The molecule has 1 aliphatic heterocycles. The number of hydrogen-bond acceptors (Lipinski definition) is 7. The summed E-state index contributed by atoms with van der Waals surface area (Å²) in [7, 11) is 2.14. The maximum absolute atomic E-state index is 4.81. The maximum Gasteiger partial charge on any atom is 0.221 e. The van der Waals surface area contributed by atoms with Gasteiger partial charge in [0.2, 0.25) is 5.65 Å². The van der Waals surface area contributed by atoms with Gasteiger partial charge in [-0.2, -0.15) is 0 Å². The van der Waals surface area contributed by atoms with Crippen LogP contribution in [0, 0.1) is 0 Å². The highest BCUT2D eigenvalue weighted by Crippen LogP contribution is 2.18. The summed E-state index contributed by atoms with van der Waals surface area (Å²) in [5.41, 5.74) is 3.42. The summed E-state index contributed by atoms with van der Waals surface area (Å²) in [6.45, 7) is 4.57. The molecule has 3 aromatic heterocycles. The van der Waals surface area contributed by atoms with E-state index in [1.807, 2.05) is 23.0 Å². The number of likely N-dealkylation sites (N-methyl/N-ethyl adjacent to an activating group) is 1. The Morgan fingerprint density at radius 2 is 1.93 bits per heavy atom. The summed E-state index contributed by atoms with van der Waals surface area (Å²) in [5, 5.41) is 9.56. The number of rotatable bonds is 3. The second kappa shape index (κ2) is 6.55. The van der Waals surface area contributed by atoms with Crippen LogP contribution in [0.5, 0.6) is 0 Å². The van der Waals surface area contributed by atoms with Gasteiger partial charge in [0, 0.05) is 37.8 Å². The van der Waals surface area contributed by atoms with E-state index in [4.69, 9.17) is 4.98 Å². The van der Waals surface area contributed by atoms with Gasteiger partial charge < -0.3 is 9.80 Å². The topological polar surface area (TPSA) is 75.9 Å². The molecule has 4 aromatic rings. The van der Waals surface area contributed by atoms with Gasteiger partial charge in [-0.25, -0.2) is 14.6 Å². The molecule has 0 spiro atoms. The summed E-state index contributed by atoms with van der Waals surface area (Å²) in [5.74, 6) is 0.891. The van der Waals surface area contributed by atoms with Crippen LogP contribution < -0.4 is 4.90 Å². The molecule has 27 heavy (non-hydrogen) atoms. The molecule has 5 rings (SSSR count). The quantitative estimate of drug-likeness (QED) is 0.549. The van der Waals surface area contributed by atoms with Crippen LogP contribution in [0.4, 0.5) is 5.82 Å². The molecule has 0 saturated carbocycles. The Hall–Kier alpha value is -3.13. The van der Waals surface area contributed by atoms with Crippen LogP contribution in [0.25, 0.3) is 22.2 Å². The zero-order valence-electron chi connectivity index (χ0n) is 15.2.